The summed E-state index contributed by atoms with van der Waals surface area (Å²) >= 11 is 0. The van der Waals surface area contributed by atoms with Crippen LogP contribution in [0.15, 0.2) is 29.3 Å². The second-order valence-electron chi connectivity index (χ2n) is 6.84. The van der Waals surface area contributed by atoms with Gasteiger partial charge in [-0.05, 0) is 43.2 Å². The number of nitrogens with zero attached hydrogens (tertiary/aromatic N) is 1. The fraction of sp³-hybridized carbons (Fsp3) is 0.632. The molecule has 0 aromatic heterocycles. The maximum Gasteiger partial charge on any atom is 0.124 e. The summed E-state index contributed by atoms with van der Waals surface area (Å²) in [6.45, 7) is 0. The van der Waals surface area contributed by atoms with Crippen molar-refractivity contribution in [1.29, 1.82) is 0 Å². The van der Waals surface area contributed by atoms with Gasteiger partial charge in [0.05, 0.1) is 6.04 Å². The molecule has 21 heavy (non-hydrogen) atoms. The van der Waals surface area contributed by atoms with Crippen molar-refractivity contribution in [1.82, 2.24) is 0 Å². The molecular formula is C19H27NO. The van der Waals surface area contributed by atoms with E-state index in [1.165, 1.54) is 57.8 Å². The van der Waals surface area contributed by atoms with Crippen molar-refractivity contribution in [2.75, 3.05) is 0 Å². The molecule has 0 amide bonds. The third-order valence-corrected chi connectivity index (χ3v) is 5.32. The number of hydrogen-bond acceptors (Lipinski definition) is 2. The Morgan fingerprint density at radius 3 is 2.62 bits per heavy atom. The fourth-order valence-electron chi connectivity index (χ4n) is 4.11. The zero-order valence-corrected chi connectivity index (χ0v) is 12.9. The van der Waals surface area contributed by atoms with Crippen molar-refractivity contribution in [2.45, 2.75) is 63.8 Å². The van der Waals surface area contributed by atoms with Gasteiger partial charge in [-0.1, -0.05) is 50.7 Å². The van der Waals surface area contributed by atoms with Crippen LogP contribution < -0.4 is 0 Å². The van der Waals surface area contributed by atoms with Gasteiger partial charge < -0.3 is 5.11 Å². The zero-order chi connectivity index (χ0) is 14.5. The molecule has 2 aliphatic carbocycles. The van der Waals surface area contributed by atoms with E-state index in [-0.39, 0.29) is 0 Å². The van der Waals surface area contributed by atoms with Gasteiger partial charge in [-0.15, -0.1) is 0 Å². The first-order valence-corrected chi connectivity index (χ1v) is 8.64. The van der Waals surface area contributed by atoms with E-state index in [2.05, 4.69) is 0 Å². The number of aliphatic imine (C=N–C) groups is 1. The van der Waals surface area contributed by atoms with Gasteiger partial charge in [0.25, 0.3) is 0 Å². The Bertz CT molecular complexity index is 476. The number of phenols is 1. The number of hydrogen-bond donors (Lipinski definition) is 1. The summed E-state index contributed by atoms with van der Waals surface area (Å²) in [5.41, 5.74) is 0.848. The van der Waals surface area contributed by atoms with Crippen LogP contribution in [0, 0.1) is 11.8 Å². The monoisotopic (exact) mass is 285 g/mol. The number of rotatable bonds is 4. The molecule has 0 aliphatic heterocycles. The molecule has 0 spiro atoms. The van der Waals surface area contributed by atoms with Gasteiger partial charge in [-0.25, -0.2) is 0 Å². The highest BCUT2D eigenvalue weighted by Crippen LogP contribution is 2.37. The van der Waals surface area contributed by atoms with E-state index >= 15 is 0 Å². The van der Waals surface area contributed by atoms with E-state index in [1.54, 1.807) is 6.07 Å². The molecule has 2 atom stereocenters. The van der Waals surface area contributed by atoms with Crippen molar-refractivity contribution < 1.29 is 5.11 Å². The summed E-state index contributed by atoms with van der Waals surface area (Å²) in [6, 6.07) is 7.95. The lowest BCUT2D eigenvalue weighted by atomic mass is 9.81. The van der Waals surface area contributed by atoms with Crippen LogP contribution in [0.2, 0.25) is 0 Å². The Morgan fingerprint density at radius 1 is 1.00 bits per heavy atom. The molecule has 3 rings (SSSR count). The average Bonchev–Trinajstić information content (AvgIpc) is 2.95. The van der Waals surface area contributed by atoms with Crippen molar-refractivity contribution in [3.05, 3.63) is 29.8 Å². The van der Waals surface area contributed by atoms with Crippen LogP contribution in [0.1, 0.15) is 63.4 Å². The lowest BCUT2D eigenvalue weighted by Crippen LogP contribution is -2.18. The van der Waals surface area contributed by atoms with Gasteiger partial charge in [0.15, 0.2) is 0 Å². The molecule has 114 valence electrons. The van der Waals surface area contributed by atoms with E-state index in [0.717, 1.165) is 17.4 Å². The Morgan fingerprint density at radius 2 is 1.81 bits per heavy atom. The molecule has 2 heteroatoms. The van der Waals surface area contributed by atoms with E-state index in [1.807, 2.05) is 24.4 Å². The van der Waals surface area contributed by atoms with Crippen molar-refractivity contribution in [2.24, 2.45) is 16.8 Å². The van der Waals surface area contributed by atoms with Crippen molar-refractivity contribution >= 4 is 6.21 Å². The summed E-state index contributed by atoms with van der Waals surface area (Å²) in [4.78, 5) is 4.82. The van der Waals surface area contributed by atoms with Crippen LogP contribution in [0.25, 0.3) is 0 Å². The van der Waals surface area contributed by atoms with Crippen molar-refractivity contribution in [3.8, 4) is 5.75 Å². The maximum atomic E-state index is 9.82. The second-order valence-corrected chi connectivity index (χ2v) is 6.84. The molecule has 2 saturated carbocycles. The predicted octanol–water partition coefficient (Wildman–Crippen LogP) is 4.95. The summed E-state index contributed by atoms with van der Waals surface area (Å²) < 4.78 is 0. The molecule has 0 radical (unpaired) electrons. The number of benzene rings is 1. The first kappa shape index (κ1) is 14.6. The minimum atomic E-state index is 0.336. The first-order chi connectivity index (χ1) is 10.3. The normalized spacial score (nSPS) is 27.4. The van der Waals surface area contributed by atoms with E-state index < -0.39 is 0 Å². The Balaban J connectivity index is 1.60. The van der Waals surface area contributed by atoms with Gasteiger partial charge in [0, 0.05) is 11.8 Å². The summed E-state index contributed by atoms with van der Waals surface area (Å²) in [7, 11) is 0. The Kier molecular flexibility index (Phi) is 4.95. The van der Waals surface area contributed by atoms with Crippen LogP contribution in [0.4, 0.5) is 0 Å². The van der Waals surface area contributed by atoms with Crippen LogP contribution in [0.3, 0.4) is 0 Å². The molecule has 2 nitrogen and oxygen atoms in total. The summed E-state index contributed by atoms with van der Waals surface area (Å²) in [6.07, 6.45) is 14.3. The van der Waals surface area contributed by atoms with E-state index in [9.17, 15) is 5.11 Å². The van der Waals surface area contributed by atoms with Crippen LogP contribution in [-0.2, 0) is 0 Å². The van der Waals surface area contributed by atoms with E-state index in [4.69, 9.17) is 4.99 Å². The standard InChI is InChI=1S/C19H27NO/c21-19-12-5-4-9-17(19)14-20-18-11-6-10-16(18)13-15-7-2-1-3-8-15/h4-5,9,12,14-16,18,21H,1-3,6-8,10-11,13H2/t16-,18-/m0/s1. The maximum absolute atomic E-state index is 9.82. The largest absolute Gasteiger partial charge is 0.507 e. The molecule has 1 aromatic carbocycles. The average molecular weight is 285 g/mol. The minimum absolute atomic E-state index is 0.336. The van der Waals surface area contributed by atoms with Gasteiger partial charge in [-0.2, -0.15) is 0 Å². The zero-order valence-electron chi connectivity index (χ0n) is 12.9. The SMILES string of the molecule is Oc1ccccc1C=N[C@H]1CCC[C@H]1CC1CCCCC1. The van der Waals surface area contributed by atoms with Gasteiger partial charge >= 0.3 is 0 Å². The van der Waals surface area contributed by atoms with Crippen LogP contribution in [-0.4, -0.2) is 17.4 Å². The summed E-state index contributed by atoms with van der Waals surface area (Å²) in [5.74, 6) is 2.06. The number of para-hydroxylation sites is 1. The molecule has 1 N–H and O–H groups in total. The Hall–Kier alpha value is -1.31. The first-order valence-electron chi connectivity index (χ1n) is 8.64. The Labute approximate surface area is 128 Å². The fourth-order valence-corrected chi connectivity index (χ4v) is 4.11. The molecule has 2 aliphatic rings. The molecular weight excluding hydrogens is 258 g/mol. The van der Waals surface area contributed by atoms with Crippen molar-refractivity contribution in [3.63, 3.8) is 0 Å². The van der Waals surface area contributed by atoms with Gasteiger partial charge in [-0.3, -0.25) is 4.99 Å². The molecule has 0 saturated heterocycles. The number of phenolic OH excluding ortho intramolecular Hbond substituents is 1. The third kappa shape index (κ3) is 3.87. The molecule has 2 fully saturated rings. The summed E-state index contributed by atoms with van der Waals surface area (Å²) in [5, 5.41) is 9.82. The molecule has 0 unspecified atom stereocenters. The molecule has 0 bridgehead atoms. The van der Waals surface area contributed by atoms with E-state index in [0.29, 0.717) is 11.8 Å². The molecule has 1 aromatic rings. The highest BCUT2D eigenvalue weighted by Gasteiger charge is 2.29. The highest BCUT2D eigenvalue weighted by molar-refractivity contribution is 5.83. The lowest BCUT2D eigenvalue weighted by Gasteiger charge is -2.26. The predicted molar refractivity (Wildman–Crippen MR) is 88.0 cm³/mol. The molecule has 0 heterocycles. The highest BCUT2D eigenvalue weighted by atomic mass is 16.3. The van der Waals surface area contributed by atoms with Gasteiger partial charge in [0.1, 0.15) is 5.75 Å². The topological polar surface area (TPSA) is 32.6 Å². The quantitative estimate of drug-likeness (QED) is 0.780. The second kappa shape index (κ2) is 7.11. The third-order valence-electron chi connectivity index (χ3n) is 5.32. The minimum Gasteiger partial charge on any atom is -0.507 e. The number of aromatic hydroxyl groups is 1. The van der Waals surface area contributed by atoms with Crippen LogP contribution in [0.5, 0.6) is 5.75 Å². The lowest BCUT2D eigenvalue weighted by molar-refractivity contribution is 0.278. The van der Waals surface area contributed by atoms with Crippen LogP contribution >= 0.6 is 0 Å². The smallest absolute Gasteiger partial charge is 0.124 e. The van der Waals surface area contributed by atoms with Gasteiger partial charge in [0.2, 0.25) is 0 Å².